The summed E-state index contributed by atoms with van der Waals surface area (Å²) in [5, 5.41) is 4.76. The number of fused-ring (bicyclic) bond motifs is 1. The summed E-state index contributed by atoms with van der Waals surface area (Å²) in [4.78, 5) is 9.19. The third kappa shape index (κ3) is 4.44. The Bertz CT molecular complexity index is 1320. The smallest absolute Gasteiger partial charge is 0.174 e. The maximum absolute atomic E-state index is 5.68. The third-order valence-electron chi connectivity index (χ3n) is 6.19. The average molecular weight is 437 g/mol. The number of benzene rings is 2. The number of hydrogen-bond acceptors (Lipinski definition) is 4. The fourth-order valence-electron chi connectivity index (χ4n) is 4.58. The van der Waals surface area contributed by atoms with Gasteiger partial charge in [0.25, 0.3) is 0 Å². The van der Waals surface area contributed by atoms with E-state index in [4.69, 9.17) is 14.8 Å². The molecule has 0 saturated carbocycles. The first kappa shape index (κ1) is 21.1. The largest absolute Gasteiger partial charge is 0.496 e. The number of aryl methyl sites for hydroxylation is 3. The molecule has 4 aromatic rings. The molecule has 2 aromatic heterocycles. The van der Waals surface area contributed by atoms with Crippen LogP contribution in [-0.4, -0.2) is 26.9 Å². The number of hydrogen-bond donors (Lipinski definition) is 0. The van der Waals surface area contributed by atoms with Crippen molar-refractivity contribution in [1.82, 2.24) is 19.7 Å². The summed E-state index contributed by atoms with van der Waals surface area (Å²) in [7, 11) is 1.71. The monoisotopic (exact) mass is 436 g/mol. The molecule has 166 valence electrons. The van der Waals surface area contributed by atoms with E-state index in [1.807, 2.05) is 37.4 Å². The Hall–Kier alpha value is -3.73. The predicted molar refractivity (Wildman–Crippen MR) is 132 cm³/mol. The van der Waals surface area contributed by atoms with Crippen molar-refractivity contribution in [2.45, 2.75) is 39.2 Å². The van der Waals surface area contributed by atoms with Gasteiger partial charge in [-0.25, -0.2) is 9.67 Å². The van der Waals surface area contributed by atoms with Crippen LogP contribution in [0.1, 0.15) is 52.8 Å². The van der Waals surface area contributed by atoms with E-state index < -0.39 is 0 Å². The molecule has 0 radical (unpaired) electrons. The Morgan fingerprint density at radius 1 is 1.03 bits per heavy atom. The molecule has 5 heteroatoms. The van der Waals surface area contributed by atoms with Crippen LogP contribution in [0.3, 0.4) is 0 Å². The molecule has 0 N–H and O–H groups in total. The minimum Gasteiger partial charge on any atom is -0.496 e. The Labute approximate surface area is 194 Å². The Morgan fingerprint density at radius 3 is 2.76 bits per heavy atom. The van der Waals surface area contributed by atoms with Gasteiger partial charge in [0.1, 0.15) is 11.6 Å². The van der Waals surface area contributed by atoms with E-state index in [0.29, 0.717) is 5.92 Å². The number of pyridine rings is 1. The first-order chi connectivity index (χ1) is 16.1. The topological polar surface area (TPSA) is 52.8 Å². The van der Waals surface area contributed by atoms with Crippen molar-refractivity contribution in [3.05, 3.63) is 94.8 Å². The first-order valence-corrected chi connectivity index (χ1v) is 11.4. The van der Waals surface area contributed by atoms with Crippen molar-refractivity contribution in [3.63, 3.8) is 0 Å². The highest BCUT2D eigenvalue weighted by molar-refractivity contribution is 5.75. The second-order valence-corrected chi connectivity index (χ2v) is 8.64. The lowest BCUT2D eigenvalue weighted by Crippen LogP contribution is -2.18. The van der Waals surface area contributed by atoms with Gasteiger partial charge < -0.3 is 4.74 Å². The number of methoxy groups -OCH3 is 1. The molecule has 0 amide bonds. The molecule has 1 aliphatic rings. The molecule has 0 bridgehead atoms. The van der Waals surface area contributed by atoms with Crippen molar-refractivity contribution < 1.29 is 4.74 Å². The zero-order valence-electron chi connectivity index (χ0n) is 19.3. The van der Waals surface area contributed by atoms with Crippen molar-refractivity contribution in [2.75, 3.05) is 7.11 Å². The van der Waals surface area contributed by atoms with Gasteiger partial charge in [-0.2, -0.15) is 5.10 Å². The Balaban J connectivity index is 1.41. The lowest BCUT2D eigenvalue weighted by atomic mass is 9.90. The van der Waals surface area contributed by atoms with Crippen LogP contribution in [0.5, 0.6) is 5.75 Å². The van der Waals surface area contributed by atoms with Crippen LogP contribution in [0.4, 0.5) is 0 Å². The normalized spacial score (nSPS) is 15.5. The number of rotatable bonds is 5. The first-order valence-electron chi connectivity index (χ1n) is 11.4. The van der Waals surface area contributed by atoms with Gasteiger partial charge in [-0.15, -0.1) is 0 Å². The highest BCUT2D eigenvalue weighted by Crippen LogP contribution is 2.33. The van der Waals surface area contributed by atoms with Crippen LogP contribution < -0.4 is 4.74 Å². The molecule has 0 fully saturated rings. The van der Waals surface area contributed by atoms with Crippen LogP contribution in [-0.2, 0) is 6.54 Å². The Morgan fingerprint density at radius 2 is 1.94 bits per heavy atom. The van der Waals surface area contributed by atoms with Crippen molar-refractivity contribution in [2.24, 2.45) is 0 Å². The van der Waals surface area contributed by atoms with E-state index in [0.717, 1.165) is 59.2 Å². The van der Waals surface area contributed by atoms with Gasteiger partial charge in [0.15, 0.2) is 5.82 Å². The second-order valence-electron chi connectivity index (χ2n) is 8.64. The molecule has 3 heterocycles. The van der Waals surface area contributed by atoms with E-state index in [2.05, 4.69) is 59.1 Å². The van der Waals surface area contributed by atoms with Crippen LogP contribution in [0.2, 0.25) is 0 Å². The molecule has 1 unspecified atom stereocenters. The van der Waals surface area contributed by atoms with Gasteiger partial charge in [0, 0.05) is 29.9 Å². The minimum atomic E-state index is 0.302. The molecule has 2 aromatic carbocycles. The van der Waals surface area contributed by atoms with E-state index >= 15 is 0 Å². The molecule has 5 nitrogen and oxygen atoms in total. The summed E-state index contributed by atoms with van der Waals surface area (Å²) >= 11 is 0. The average Bonchev–Trinajstić information content (AvgIpc) is 3.26. The Kier molecular flexibility index (Phi) is 5.78. The van der Waals surface area contributed by atoms with Crippen LogP contribution in [0.25, 0.3) is 23.3 Å². The molecule has 1 aliphatic heterocycles. The number of ether oxygens (including phenoxy) is 1. The van der Waals surface area contributed by atoms with Gasteiger partial charge >= 0.3 is 0 Å². The van der Waals surface area contributed by atoms with E-state index in [1.165, 1.54) is 11.1 Å². The molecular formula is C28H28N4O. The minimum absolute atomic E-state index is 0.302. The molecule has 0 aliphatic carbocycles. The summed E-state index contributed by atoms with van der Waals surface area (Å²) in [5.41, 5.74) is 6.79. The second kappa shape index (κ2) is 9.02. The summed E-state index contributed by atoms with van der Waals surface area (Å²) in [6.45, 7) is 5.06. The maximum Gasteiger partial charge on any atom is 0.174 e. The van der Waals surface area contributed by atoms with Crippen molar-refractivity contribution >= 4 is 12.2 Å². The van der Waals surface area contributed by atoms with E-state index in [9.17, 15) is 0 Å². The summed E-state index contributed by atoms with van der Waals surface area (Å²) in [6, 6.07) is 19.0. The van der Waals surface area contributed by atoms with Gasteiger partial charge in [-0.3, -0.25) is 4.98 Å². The molecule has 1 atom stereocenters. The highest BCUT2D eigenvalue weighted by Gasteiger charge is 2.25. The quantitative estimate of drug-likeness (QED) is 0.381. The zero-order valence-corrected chi connectivity index (χ0v) is 19.3. The van der Waals surface area contributed by atoms with Gasteiger partial charge in [0.05, 0.1) is 7.11 Å². The highest BCUT2D eigenvalue weighted by atomic mass is 16.5. The third-order valence-corrected chi connectivity index (χ3v) is 6.19. The van der Waals surface area contributed by atoms with Gasteiger partial charge in [0.2, 0.25) is 0 Å². The molecule has 0 saturated heterocycles. The number of nitrogens with zero attached hydrogens (tertiary/aromatic N) is 4. The van der Waals surface area contributed by atoms with Crippen LogP contribution >= 0.6 is 0 Å². The lowest BCUT2D eigenvalue weighted by Gasteiger charge is -2.22. The lowest BCUT2D eigenvalue weighted by molar-refractivity contribution is 0.416. The van der Waals surface area contributed by atoms with Gasteiger partial charge in [-0.05, 0) is 67.7 Å². The standard InChI is InChI=1S/C28H28N4O/c1-19-6-4-7-22(16-19)25-8-5-15-32-28(25)30-27(31-32)12-10-21-9-11-24(26(18-21)33-3)23-13-14-29-20(2)17-23/h4,6-7,9-14,16-18,25H,5,8,15H2,1-3H3/b12-10+. The predicted octanol–water partition coefficient (Wildman–Crippen LogP) is 6.06. The molecule has 5 rings (SSSR count). The summed E-state index contributed by atoms with van der Waals surface area (Å²) in [5.74, 6) is 2.95. The van der Waals surface area contributed by atoms with E-state index in [1.54, 1.807) is 7.11 Å². The van der Waals surface area contributed by atoms with Crippen LogP contribution in [0, 0.1) is 13.8 Å². The fourth-order valence-corrected chi connectivity index (χ4v) is 4.58. The van der Waals surface area contributed by atoms with Gasteiger partial charge in [-0.1, -0.05) is 48.0 Å². The number of aromatic nitrogens is 4. The van der Waals surface area contributed by atoms with Crippen molar-refractivity contribution in [1.29, 1.82) is 0 Å². The van der Waals surface area contributed by atoms with Crippen molar-refractivity contribution in [3.8, 4) is 16.9 Å². The van der Waals surface area contributed by atoms with Crippen LogP contribution in [0.15, 0.2) is 60.8 Å². The molecule has 33 heavy (non-hydrogen) atoms. The zero-order chi connectivity index (χ0) is 22.8. The fraction of sp³-hybridized carbons (Fsp3) is 0.250. The summed E-state index contributed by atoms with van der Waals surface area (Å²) in [6.07, 6.45) is 8.09. The van der Waals surface area contributed by atoms with E-state index in [-0.39, 0.29) is 0 Å². The maximum atomic E-state index is 5.68. The summed E-state index contributed by atoms with van der Waals surface area (Å²) < 4.78 is 7.76. The SMILES string of the molecule is COc1cc(/C=C/c2nc3n(n2)CCCC3c2cccc(C)c2)ccc1-c1ccnc(C)c1. The molecule has 0 spiro atoms. The molecular weight excluding hydrogens is 408 g/mol.